The molecule has 2 aliphatic carbocycles. The van der Waals surface area contributed by atoms with E-state index < -0.39 is 27.3 Å². The monoisotopic (exact) mass is 668 g/mol. The summed E-state index contributed by atoms with van der Waals surface area (Å²) < 4.78 is 42.5. The fourth-order valence-corrected chi connectivity index (χ4v) is 10.5. The number of ether oxygens (including phenoxy) is 2. The zero-order valence-corrected chi connectivity index (χ0v) is 28.1. The molecule has 0 radical (unpaired) electrons. The van der Waals surface area contributed by atoms with E-state index in [1.54, 1.807) is 18.2 Å². The molecule has 2 aromatic carbocycles. The van der Waals surface area contributed by atoms with E-state index in [0.717, 1.165) is 55.7 Å². The van der Waals surface area contributed by atoms with Crippen LogP contribution in [0.15, 0.2) is 48.6 Å². The number of aryl methyl sites for hydroxylation is 1. The van der Waals surface area contributed by atoms with Crippen molar-refractivity contribution in [1.29, 1.82) is 0 Å². The minimum Gasteiger partial charge on any atom is -0.490 e. The van der Waals surface area contributed by atoms with Crippen molar-refractivity contribution in [3.05, 3.63) is 70.3 Å². The fourth-order valence-electron chi connectivity index (χ4n) is 8.55. The van der Waals surface area contributed by atoms with Gasteiger partial charge in [-0.05, 0) is 117 Å². The first-order chi connectivity index (χ1) is 22.1. The molecule has 5 aliphatic rings. The average Bonchev–Trinajstić information content (AvgIpc) is 3.47. The zero-order valence-electron chi connectivity index (χ0n) is 26.5. The van der Waals surface area contributed by atoms with Crippen molar-refractivity contribution in [2.45, 2.75) is 87.6 Å². The quantitative estimate of drug-likeness (QED) is 0.390. The number of carbonyl (C=O) groups excluding carboxylic acids is 1. The maximum absolute atomic E-state index is 13.9. The largest absolute Gasteiger partial charge is 0.490 e. The summed E-state index contributed by atoms with van der Waals surface area (Å²) >= 11 is 6.41. The number of carbonyl (C=O) groups is 1. The molecule has 7 atom stereocenters. The maximum Gasteiger partial charge on any atom is 0.264 e. The standard InChI is InChI=1S/C36H45ClN2O6S/c1-23-5-2-8-32(40)29-12-9-26(29)20-39-21-36(15-3-6-24-17-27(37)11-13-30(24)36)22-45-33-14-10-25(18-31(33)39)35(41)38-46(42,43)34(23)19-28-7-4-16-44-28/h2,8,10-11,13-14,17-18,23,26,28-29,32,34,40H,3-7,9,12,15-16,19-22H2,1H3,(H,38,41)/b8-2-/t23-,26-,28+,29+,32-,34-,36-/m0/s1. The average molecular weight is 669 g/mol. The Balaban J connectivity index is 1.27. The molecule has 3 heterocycles. The number of hydrogen-bond acceptors (Lipinski definition) is 7. The van der Waals surface area contributed by atoms with Gasteiger partial charge in [-0.25, -0.2) is 13.1 Å². The predicted octanol–water partition coefficient (Wildman–Crippen LogP) is 5.79. The minimum atomic E-state index is -4.04. The van der Waals surface area contributed by atoms with Crippen LogP contribution in [0.5, 0.6) is 5.75 Å². The molecule has 2 N–H and O–H groups in total. The van der Waals surface area contributed by atoms with Crippen molar-refractivity contribution in [2.24, 2.45) is 17.8 Å². The van der Waals surface area contributed by atoms with E-state index in [-0.39, 0.29) is 34.8 Å². The molecule has 10 heteroatoms. The molecule has 0 aromatic heterocycles. The summed E-state index contributed by atoms with van der Waals surface area (Å²) in [6, 6.07) is 11.4. The molecule has 248 valence electrons. The lowest BCUT2D eigenvalue weighted by atomic mass is 9.68. The molecule has 2 fully saturated rings. The number of sulfonamides is 1. The molecule has 7 rings (SSSR count). The summed E-state index contributed by atoms with van der Waals surface area (Å²) in [5.74, 6) is 0.149. The van der Waals surface area contributed by atoms with E-state index in [2.05, 4.69) is 21.8 Å². The molecule has 0 unspecified atom stereocenters. The first kappa shape index (κ1) is 32.0. The van der Waals surface area contributed by atoms with Crippen LogP contribution in [0.2, 0.25) is 5.02 Å². The Hall–Kier alpha value is -2.59. The summed E-state index contributed by atoms with van der Waals surface area (Å²) in [7, 11) is -4.04. The lowest BCUT2D eigenvalue weighted by molar-refractivity contribution is 0.0455. The van der Waals surface area contributed by atoms with Crippen molar-refractivity contribution in [1.82, 2.24) is 4.72 Å². The van der Waals surface area contributed by atoms with Crippen molar-refractivity contribution >= 4 is 33.2 Å². The van der Waals surface area contributed by atoms with Gasteiger partial charge < -0.3 is 19.5 Å². The van der Waals surface area contributed by atoms with Crippen LogP contribution in [-0.4, -0.2) is 63.2 Å². The SMILES string of the molecule is C[C@H]1C/C=C\[C@H](O)[C@@H]2CC[C@H]2CN2C[C@@]3(CCCc4cc(Cl)ccc43)COc3ccc(cc32)C(=O)NS(=O)(=O)[C@H]1C[C@H]1CCCO1. The van der Waals surface area contributed by atoms with Gasteiger partial charge in [0.05, 0.1) is 29.8 Å². The topological polar surface area (TPSA) is 105 Å². The number of hydrogen-bond donors (Lipinski definition) is 2. The Labute approximate surface area is 277 Å². The Bertz CT molecular complexity index is 1610. The summed E-state index contributed by atoms with van der Waals surface area (Å²) in [6.07, 6.45) is 10.4. The number of benzene rings is 2. The first-order valence-corrected chi connectivity index (χ1v) is 18.9. The Morgan fingerprint density at radius 1 is 1.13 bits per heavy atom. The number of halogens is 1. The molecule has 3 aliphatic heterocycles. The maximum atomic E-state index is 13.9. The normalized spacial score (nSPS) is 34.8. The number of nitrogens with one attached hydrogen (secondary N) is 1. The van der Waals surface area contributed by atoms with Gasteiger partial charge in [0.1, 0.15) is 5.75 Å². The number of aliphatic hydroxyl groups is 1. The van der Waals surface area contributed by atoms with Crippen LogP contribution < -0.4 is 14.4 Å². The van der Waals surface area contributed by atoms with Crippen LogP contribution in [0.3, 0.4) is 0 Å². The van der Waals surface area contributed by atoms with Crippen LogP contribution in [0, 0.1) is 17.8 Å². The van der Waals surface area contributed by atoms with Gasteiger partial charge in [-0.2, -0.15) is 0 Å². The second-order valence-corrected chi connectivity index (χ2v) is 16.6. The number of amides is 1. The highest BCUT2D eigenvalue weighted by Crippen LogP contribution is 2.47. The van der Waals surface area contributed by atoms with Gasteiger partial charge in [0.25, 0.3) is 5.91 Å². The summed E-state index contributed by atoms with van der Waals surface area (Å²) in [4.78, 5) is 16.0. The van der Waals surface area contributed by atoms with E-state index in [4.69, 9.17) is 21.1 Å². The second-order valence-electron chi connectivity index (χ2n) is 14.3. The number of aliphatic hydroxyl groups excluding tert-OH is 1. The van der Waals surface area contributed by atoms with Gasteiger partial charge in [-0.1, -0.05) is 36.7 Å². The van der Waals surface area contributed by atoms with E-state index >= 15 is 0 Å². The van der Waals surface area contributed by atoms with Gasteiger partial charge in [-0.15, -0.1) is 0 Å². The minimum absolute atomic E-state index is 0.110. The molecular weight excluding hydrogens is 624 g/mol. The van der Waals surface area contributed by atoms with Gasteiger partial charge in [0.15, 0.2) is 0 Å². The number of anilines is 1. The molecule has 1 spiro atoms. The third-order valence-corrected chi connectivity index (χ3v) is 13.5. The smallest absolute Gasteiger partial charge is 0.264 e. The fraction of sp³-hybridized carbons (Fsp3) is 0.583. The molecular formula is C36H45ClN2O6S. The number of allylic oxidation sites excluding steroid dienone is 1. The van der Waals surface area contributed by atoms with Crippen LogP contribution >= 0.6 is 11.6 Å². The molecule has 46 heavy (non-hydrogen) atoms. The summed E-state index contributed by atoms with van der Waals surface area (Å²) in [6.45, 7) is 4.42. The van der Waals surface area contributed by atoms with E-state index in [1.807, 2.05) is 25.1 Å². The second kappa shape index (κ2) is 12.8. The Morgan fingerprint density at radius 3 is 2.78 bits per heavy atom. The Morgan fingerprint density at radius 2 is 2.00 bits per heavy atom. The van der Waals surface area contributed by atoms with Crippen molar-refractivity contribution in [3.8, 4) is 5.75 Å². The number of rotatable bonds is 2. The van der Waals surface area contributed by atoms with Crippen LogP contribution in [-0.2, 0) is 26.6 Å². The highest BCUT2D eigenvalue weighted by atomic mass is 35.5. The molecule has 1 saturated carbocycles. The highest BCUT2D eigenvalue weighted by Gasteiger charge is 2.44. The zero-order chi connectivity index (χ0) is 32.1. The highest BCUT2D eigenvalue weighted by molar-refractivity contribution is 7.90. The summed E-state index contributed by atoms with van der Waals surface area (Å²) in [5, 5.41) is 11.2. The van der Waals surface area contributed by atoms with Crippen LogP contribution in [0.1, 0.15) is 79.8 Å². The van der Waals surface area contributed by atoms with Crippen molar-refractivity contribution in [2.75, 3.05) is 31.2 Å². The van der Waals surface area contributed by atoms with Crippen molar-refractivity contribution in [3.63, 3.8) is 0 Å². The van der Waals surface area contributed by atoms with Crippen molar-refractivity contribution < 1.29 is 27.8 Å². The van der Waals surface area contributed by atoms with E-state index in [1.165, 1.54) is 11.1 Å². The van der Waals surface area contributed by atoms with E-state index in [9.17, 15) is 18.3 Å². The molecule has 1 amide bonds. The lowest BCUT2D eigenvalue weighted by Crippen LogP contribution is -2.49. The molecule has 2 bridgehead atoms. The third kappa shape index (κ3) is 6.20. The van der Waals surface area contributed by atoms with Gasteiger partial charge in [0.2, 0.25) is 10.0 Å². The van der Waals surface area contributed by atoms with Gasteiger partial charge in [0, 0.05) is 35.7 Å². The molecule has 1 saturated heterocycles. The van der Waals surface area contributed by atoms with Crippen LogP contribution in [0.4, 0.5) is 5.69 Å². The Kier molecular flexibility index (Phi) is 8.89. The molecule has 2 aromatic rings. The molecule has 8 nitrogen and oxygen atoms in total. The van der Waals surface area contributed by atoms with E-state index in [0.29, 0.717) is 44.9 Å². The number of nitrogens with zero attached hydrogens (tertiary/aromatic N) is 1. The third-order valence-electron chi connectivity index (χ3n) is 11.3. The van der Waals surface area contributed by atoms with Gasteiger partial charge in [-0.3, -0.25) is 4.79 Å². The lowest BCUT2D eigenvalue weighted by Gasteiger charge is -2.45. The van der Waals surface area contributed by atoms with Crippen LogP contribution in [0.25, 0.3) is 0 Å². The number of fused-ring (bicyclic) bond motifs is 4. The first-order valence-electron chi connectivity index (χ1n) is 16.9. The summed E-state index contributed by atoms with van der Waals surface area (Å²) in [5.41, 5.74) is 3.31. The van der Waals surface area contributed by atoms with Gasteiger partial charge >= 0.3 is 0 Å². The predicted molar refractivity (Wildman–Crippen MR) is 179 cm³/mol.